The lowest BCUT2D eigenvalue weighted by molar-refractivity contribution is -0.239. The molecular weight excluding hydrogens is 759 g/mol. The number of carbonyl (C=O) groups excluding carboxylic acids is 5. The van der Waals surface area contributed by atoms with Crippen LogP contribution in [0.25, 0.3) is 11.1 Å². The Morgan fingerprint density at radius 1 is 0.862 bits per heavy atom. The molecule has 2 aliphatic rings. The highest BCUT2D eigenvalue weighted by Crippen LogP contribution is 2.44. The molecule has 3 unspecified atom stereocenters. The van der Waals surface area contributed by atoms with Crippen molar-refractivity contribution in [3.8, 4) is 11.1 Å². The van der Waals surface area contributed by atoms with Gasteiger partial charge in [0.05, 0.1) is 6.61 Å². The number of hydrogen-bond acceptors (Lipinski definition) is 11. The largest absolute Gasteiger partial charge is 0.449 e. The molecule has 1 fully saturated rings. The Morgan fingerprint density at radius 2 is 1.50 bits per heavy atom. The number of nitrogens with two attached hydrogens (primary N) is 1. The summed E-state index contributed by atoms with van der Waals surface area (Å²) in [6.07, 6.45) is -8.71. The van der Waals surface area contributed by atoms with Gasteiger partial charge in [-0.1, -0.05) is 74.5 Å². The second-order valence-corrected chi connectivity index (χ2v) is 14.3. The summed E-state index contributed by atoms with van der Waals surface area (Å²) in [5.74, 6) is -1.82. The van der Waals surface area contributed by atoms with Gasteiger partial charge in [-0.3, -0.25) is 9.59 Å². The Kier molecular flexibility index (Phi) is 15.0. The lowest BCUT2D eigenvalue weighted by atomic mass is 9.98. The average Bonchev–Trinajstić information content (AvgIpc) is 3.53. The number of primary amides is 1. The number of alkyl carbamates (subject to hydrolysis) is 2. The second kappa shape index (κ2) is 20.0. The fourth-order valence-electron chi connectivity index (χ4n) is 6.82. The number of nitrogens with one attached hydrogen (secondary N) is 5. The van der Waals surface area contributed by atoms with Gasteiger partial charge in [-0.2, -0.15) is 0 Å². The first-order valence-corrected chi connectivity index (χ1v) is 18.8. The Balaban J connectivity index is 1.15. The van der Waals surface area contributed by atoms with Gasteiger partial charge in [-0.25, -0.2) is 18.8 Å². The molecule has 0 spiro atoms. The monoisotopic (exact) mass is 808 g/mol. The zero-order valence-corrected chi connectivity index (χ0v) is 31.9. The molecule has 10 N–H and O–H groups in total. The maximum Gasteiger partial charge on any atom is 0.407 e. The number of rotatable bonds is 16. The van der Waals surface area contributed by atoms with Gasteiger partial charge < -0.3 is 61.8 Å². The van der Waals surface area contributed by atoms with Crippen LogP contribution in [0.2, 0.25) is 0 Å². The molecular formula is C40H49FN6O11. The van der Waals surface area contributed by atoms with Crippen molar-refractivity contribution in [2.24, 2.45) is 11.7 Å². The minimum Gasteiger partial charge on any atom is -0.449 e. The summed E-state index contributed by atoms with van der Waals surface area (Å²) in [7, 11) is 0. The molecule has 312 valence electrons. The molecule has 6 amide bonds. The zero-order chi connectivity index (χ0) is 41.9. The molecule has 17 nitrogen and oxygen atoms in total. The Labute approximate surface area is 333 Å². The maximum atomic E-state index is 14.2. The minimum atomic E-state index is -2.07. The Hall–Kier alpha value is -5.82. The molecule has 58 heavy (non-hydrogen) atoms. The number of urea groups is 1. The van der Waals surface area contributed by atoms with Crippen LogP contribution in [-0.4, -0.2) is 108 Å². The molecule has 1 saturated heterocycles. The van der Waals surface area contributed by atoms with Crippen molar-refractivity contribution in [1.29, 1.82) is 0 Å². The van der Waals surface area contributed by atoms with Crippen LogP contribution < -0.4 is 32.3 Å². The normalized spacial score (nSPS) is 20.8. The summed E-state index contributed by atoms with van der Waals surface area (Å²) in [5, 5.41) is 41.9. The summed E-state index contributed by atoms with van der Waals surface area (Å²) in [6.45, 7) is 2.58. The molecule has 3 aromatic carbocycles. The number of aliphatic hydroxyl groups is 3. The Bertz CT molecular complexity index is 1870. The number of anilines is 1. The number of fused-ring (bicyclic) bond motifs is 3. The fraction of sp³-hybridized carbons (Fsp3) is 0.425. The zero-order valence-electron chi connectivity index (χ0n) is 31.9. The van der Waals surface area contributed by atoms with Gasteiger partial charge in [0, 0.05) is 18.2 Å². The van der Waals surface area contributed by atoms with Crippen molar-refractivity contribution in [3.63, 3.8) is 0 Å². The summed E-state index contributed by atoms with van der Waals surface area (Å²) in [5.41, 5.74) is 10.2. The third-order valence-corrected chi connectivity index (χ3v) is 9.89. The smallest absolute Gasteiger partial charge is 0.407 e. The van der Waals surface area contributed by atoms with E-state index < -0.39 is 85.4 Å². The molecule has 0 aromatic heterocycles. The van der Waals surface area contributed by atoms with E-state index in [1.165, 1.54) is 24.3 Å². The third kappa shape index (κ3) is 11.0. The third-order valence-electron chi connectivity index (χ3n) is 9.89. The van der Waals surface area contributed by atoms with Gasteiger partial charge in [0.2, 0.25) is 11.8 Å². The van der Waals surface area contributed by atoms with Crippen LogP contribution in [0.15, 0.2) is 72.8 Å². The van der Waals surface area contributed by atoms with E-state index in [1.54, 1.807) is 13.8 Å². The van der Waals surface area contributed by atoms with E-state index in [0.29, 0.717) is 11.3 Å². The van der Waals surface area contributed by atoms with Crippen molar-refractivity contribution >= 4 is 35.7 Å². The van der Waals surface area contributed by atoms with E-state index >= 15 is 0 Å². The number of hydrogen-bond donors (Lipinski definition) is 9. The highest BCUT2D eigenvalue weighted by molar-refractivity contribution is 5.98. The maximum absolute atomic E-state index is 14.2. The number of carbonyl (C=O) groups is 5. The molecule has 5 rings (SSSR count). The lowest BCUT2D eigenvalue weighted by Gasteiger charge is -2.38. The van der Waals surface area contributed by atoms with E-state index in [1.807, 2.05) is 48.5 Å². The predicted molar refractivity (Wildman–Crippen MR) is 207 cm³/mol. The molecule has 3 aromatic rings. The fourth-order valence-corrected chi connectivity index (χ4v) is 6.82. The van der Waals surface area contributed by atoms with Crippen molar-refractivity contribution in [1.82, 2.24) is 21.3 Å². The number of benzene rings is 3. The van der Waals surface area contributed by atoms with Crippen LogP contribution in [0.3, 0.4) is 0 Å². The van der Waals surface area contributed by atoms with Crippen LogP contribution in [-0.2, 0) is 30.4 Å². The molecule has 1 aliphatic carbocycles. The van der Waals surface area contributed by atoms with Crippen molar-refractivity contribution in [2.75, 3.05) is 25.1 Å². The molecule has 18 heteroatoms. The number of alkyl halides is 1. The highest BCUT2D eigenvalue weighted by Gasteiger charge is 2.45. The van der Waals surface area contributed by atoms with Crippen LogP contribution >= 0.6 is 0 Å². The highest BCUT2D eigenvalue weighted by atomic mass is 19.1. The number of aliphatic hydroxyl groups excluding tert-OH is 3. The summed E-state index contributed by atoms with van der Waals surface area (Å²) in [6, 6.07) is 17.4. The minimum absolute atomic E-state index is 0.0414. The average molecular weight is 809 g/mol. The molecule has 7 atom stereocenters. The standard InChI is InChI=1S/C40H49FN6O11/c1-21(2)32(46-39(54)57-20-28-26-10-5-3-8-24(26)25-9-4-6-11-27(25)28)36(51)45-29(12-7-17-43-38(42)53)35(50)44-23-15-13-22(14-16-23)19-56-40(55)47-33-34(49)31(41)30(18-48)58-37(33)52/h3-6,8-11,13-16,21,28-34,37,48-49,52H,7,12,17-20H2,1-2H3,(H,44,50)(H,45,51)(H,46,54)(H,47,55)(H3,42,43,53)/t29?,30-,31-,32?,33-,34+,37?/m1/s1. The van der Waals surface area contributed by atoms with Crippen LogP contribution in [0.4, 0.5) is 24.5 Å². The summed E-state index contributed by atoms with van der Waals surface area (Å²) >= 11 is 0. The van der Waals surface area contributed by atoms with Gasteiger partial charge in [0.1, 0.15) is 43.5 Å². The predicted octanol–water partition coefficient (Wildman–Crippen LogP) is 2.13. The van der Waals surface area contributed by atoms with Gasteiger partial charge in [0.15, 0.2) is 12.5 Å². The molecule has 0 saturated carbocycles. The summed E-state index contributed by atoms with van der Waals surface area (Å²) in [4.78, 5) is 63.8. The number of halogens is 1. The molecule has 0 radical (unpaired) electrons. The van der Waals surface area contributed by atoms with Crippen molar-refractivity contribution < 1.29 is 57.9 Å². The van der Waals surface area contributed by atoms with E-state index in [2.05, 4.69) is 26.6 Å². The topological polar surface area (TPSA) is 260 Å². The molecule has 0 bridgehead atoms. The van der Waals surface area contributed by atoms with Gasteiger partial charge in [0.25, 0.3) is 0 Å². The van der Waals surface area contributed by atoms with Crippen LogP contribution in [0, 0.1) is 5.92 Å². The van der Waals surface area contributed by atoms with Crippen molar-refractivity contribution in [3.05, 3.63) is 89.5 Å². The molecule has 1 heterocycles. The van der Waals surface area contributed by atoms with E-state index in [-0.39, 0.29) is 38.5 Å². The van der Waals surface area contributed by atoms with Gasteiger partial charge >= 0.3 is 18.2 Å². The second-order valence-electron chi connectivity index (χ2n) is 14.3. The van der Waals surface area contributed by atoms with E-state index in [0.717, 1.165) is 22.3 Å². The molecule has 1 aliphatic heterocycles. The number of ether oxygens (including phenoxy) is 3. The van der Waals surface area contributed by atoms with E-state index in [4.69, 9.17) is 25.1 Å². The van der Waals surface area contributed by atoms with Gasteiger partial charge in [-0.05, 0) is 58.7 Å². The lowest BCUT2D eigenvalue weighted by Crippen LogP contribution is -2.63. The summed E-state index contributed by atoms with van der Waals surface area (Å²) < 4.78 is 29.9. The first-order chi connectivity index (χ1) is 27.8. The van der Waals surface area contributed by atoms with Crippen LogP contribution in [0.1, 0.15) is 49.3 Å². The SMILES string of the molecule is CC(C)C(NC(=O)OCC1c2ccccc2-c2ccccc21)C(=O)NC(CCCNC(N)=O)C(=O)Nc1ccc(COC(=O)N[C@H]2C(O)O[C@H](CO)[C@@H](F)[C@@H]2O)cc1. The van der Waals surface area contributed by atoms with Gasteiger partial charge in [-0.15, -0.1) is 0 Å². The number of amides is 6. The first-order valence-electron chi connectivity index (χ1n) is 18.8. The van der Waals surface area contributed by atoms with E-state index in [9.17, 15) is 38.6 Å². The quantitative estimate of drug-likeness (QED) is 0.0948. The Morgan fingerprint density at radius 3 is 2.10 bits per heavy atom. The first kappa shape index (κ1) is 43.3. The van der Waals surface area contributed by atoms with Crippen LogP contribution in [0.5, 0.6) is 0 Å². The van der Waals surface area contributed by atoms with Crippen molar-refractivity contribution in [2.45, 2.75) is 82.0 Å².